The van der Waals surface area contributed by atoms with Gasteiger partial charge in [-0.2, -0.15) is 0 Å². The number of ether oxygens (including phenoxy) is 2. The summed E-state index contributed by atoms with van der Waals surface area (Å²) >= 11 is 3.73. The van der Waals surface area contributed by atoms with Crippen molar-refractivity contribution in [2.24, 2.45) is 5.92 Å². The summed E-state index contributed by atoms with van der Waals surface area (Å²) < 4.78 is 15.6. The maximum Gasteiger partial charge on any atom is 0.264 e. The smallest absolute Gasteiger partial charge is 0.264 e. The Bertz CT molecular complexity index is 2230. The third-order valence-electron chi connectivity index (χ3n) is 12.7. The van der Waals surface area contributed by atoms with Crippen LogP contribution in [0.5, 0.6) is 5.75 Å². The Hall–Kier alpha value is -4.62. The van der Waals surface area contributed by atoms with Crippen LogP contribution in [0.25, 0.3) is 0 Å². The van der Waals surface area contributed by atoms with E-state index in [1.165, 1.54) is 5.19 Å². The van der Waals surface area contributed by atoms with Crippen molar-refractivity contribution in [3.63, 3.8) is 0 Å². The predicted octanol–water partition coefficient (Wildman–Crippen LogP) is 7.54. The van der Waals surface area contributed by atoms with Crippen LogP contribution in [-0.2, 0) is 33.0 Å². The molecule has 0 saturated carbocycles. The van der Waals surface area contributed by atoms with E-state index < -0.39 is 13.7 Å². The van der Waals surface area contributed by atoms with Crippen molar-refractivity contribution in [2.45, 2.75) is 82.0 Å². The molecule has 4 heterocycles. The minimum absolute atomic E-state index is 0.0536. The molecule has 12 heteroatoms. The average Bonchev–Trinajstić information content (AvgIpc) is 3.88. The molecule has 1 aromatic heterocycles. The van der Waals surface area contributed by atoms with Crippen LogP contribution in [0.4, 0.5) is 11.4 Å². The Morgan fingerprint density at radius 2 is 1.75 bits per heavy atom. The van der Waals surface area contributed by atoms with Gasteiger partial charge in [0.2, 0.25) is 5.91 Å². The summed E-state index contributed by atoms with van der Waals surface area (Å²) in [6.45, 7) is 8.55. The van der Waals surface area contributed by atoms with Crippen LogP contribution in [0.15, 0.2) is 108 Å². The first kappa shape index (κ1) is 39.2. The molecule has 57 heavy (non-hydrogen) atoms. The van der Waals surface area contributed by atoms with Crippen LogP contribution in [0, 0.1) is 5.92 Å². The van der Waals surface area contributed by atoms with Gasteiger partial charge in [0.1, 0.15) is 5.75 Å². The lowest BCUT2D eigenvalue weighted by Crippen LogP contribution is -2.51. The summed E-state index contributed by atoms with van der Waals surface area (Å²) in [4.78, 5) is 31.7. The number of piperidine rings is 1. The molecule has 0 aliphatic carbocycles. The fourth-order valence-electron chi connectivity index (χ4n) is 9.65. The number of anilines is 2. The fourth-order valence-corrected chi connectivity index (χ4v) is 14.1. The van der Waals surface area contributed by atoms with Gasteiger partial charge in [0, 0.05) is 47.3 Å². The highest BCUT2D eigenvalue weighted by atomic mass is 79.9. The van der Waals surface area contributed by atoms with Crippen molar-refractivity contribution in [2.75, 3.05) is 30.1 Å². The Kier molecular flexibility index (Phi) is 11.0. The standard InChI is InChI=1S/C45H50BrN5O5Si/c1-30-43(57(3,4)36-20-18-35(55-2)19-21-36)41(23-25-49-28-39(47-48-49)37(29-52)32-10-6-5-7-11-32)56-45(30)38-26-33(46)15-22-40(38)51(44(45)54)27-31-13-16-34(17-14-31)50-24-9-8-12-42(50)53/h5-7,10-11,13-22,26,28,30,37,41,43,52H,8-9,12,23-25,27,29H2,1-4H3/t30-,37?,41+,43-,45+/m1/s1. The minimum atomic E-state index is -2.37. The van der Waals surface area contributed by atoms with Gasteiger partial charge in [-0.05, 0) is 78.4 Å². The van der Waals surface area contributed by atoms with Crippen molar-refractivity contribution in [1.29, 1.82) is 0 Å². The second-order valence-electron chi connectivity index (χ2n) is 16.2. The molecule has 2 fully saturated rings. The monoisotopic (exact) mass is 847 g/mol. The number of methoxy groups -OCH3 is 1. The van der Waals surface area contributed by atoms with Crippen LogP contribution in [0.3, 0.4) is 0 Å². The zero-order valence-electron chi connectivity index (χ0n) is 33.0. The predicted molar refractivity (Wildman–Crippen MR) is 228 cm³/mol. The number of aryl methyl sites for hydroxylation is 1. The normalized spacial score (nSPS) is 22.7. The number of hydrogen-bond acceptors (Lipinski definition) is 7. The Morgan fingerprint density at radius 3 is 2.46 bits per heavy atom. The van der Waals surface area contributed by atoms with Gasteiger partial charge < -0.3 is 24.4 Å². The van der Waals surface area contributed by atoms with E-state index in [2.05, 4.69) is 64.5 Å². The molecule has 5 atom stereocenters. The average molecular weight is 849 g/mol. The van der Waals surface area contributed by atoms with Crippen molar-refractivity contribution >= 4 is 52.4 Å². The van der Waals surface area contributed by atoms with E-state index in [0.29, 0.717) is 31.6 Å². The third kappa shape index (κ3) is 7.15. The number of carbonyl (C=O) groups is 2. The van der Waals surface area contributed by atoms with Gasteiger partial charge in [-0.25, -0.2) is 0 Å². The Morgan fingerprint density at radius 1 is 1.00 bits per heavy atom. The summed E-state index contributed by atoms with van der Waals surface area (Å²) in [5.74, 6) is 0.477. The highest BCUT2D eigenvalue weighted by Gasteiger charge is 2.66. The molecule has 10 nitrogen and oxygen atoms in total. The minimum Gasteiger partial charge on any atom is -0.497 e. The second-order valence-corrected chi connectivity index (χ2v) is 21.8. The lowest BCUT2D eigenvalue weighted by Gasteiger charge is -2.37. The Balaban J connectivity index is 1.12. The number of nitrogens with zero attached hydrogens (tertiary/aromatic N) is 5. The number of amides is 2. The third-order valence-corrected chi connectivity index (χ3v) is 17.5. The highest BCUT2D eigenvalue weighted by molar-refractivity contribution is 9.10. The van der Waals surface area contributed by atoms with E-state index >= 15 is 4.79 Å². The molecular weight excluding hydrogens is 799 g/mol. The van der Waals surface area contributed by atoms with Crippen LogP contribution in [-0.4, -0.2) is 66.4 Å². The van der Waals surface area contributed by atoms with Crippen LogP contribution in [0.2, 0.25) is 18.6 Å². The van der Waals surface area contributed by atoms with Gasteiger partial charge in [-0.3, -0.25) is 14.3 Å². The number of carbonyl (C=O) groups excluding carboxylic acids is 2. The number of fused-ring (bicyclic) bond motifs is 2. The first-order valence-electron chi connectivity index (χ1n) is 19.9. The van der Waals surface area contributed by atoms with Crippen molar-refractivity contribution in [3.8, 4) is 5.75 Å². The van der Waals surface area contributed by atoms with Gasteiger partial charge in [0.05, 0.1) is 51.7 Å². The molecule has 1 spiro atoms. The molecule has 296 valence electrons. The molecule has 5 aromatic rings. The van der Waals surface area contributed by atoms with E-state index in [0.717, 1.165) is 57.7 Å². The molecule has 2 amide bonds. The van der Waals surface area contributed by atoms with Gasteiger partial charge in [-0.15, -0.1) is 5.10 Å². The molecule has 3 aliphatic heterocycles. The first-order chi connectivity index (χ1) is 27.5. The summed E-state index contributed by atoms with van der Waals surface area (Å²) in [6.07, 6.45) is 4.79. The number of rotatable bonds is 12. The number of hydrogen-bond donors (Lipinski definition) is 1. The molecule has 0 radical (unpaired) electrons. The quantitative estimate of drug-likeness (QED) is 0.129. The number of aliphatic hydroxyl groups excluding tert-OH is 1. The van der Waals surface area contributed by atoms with E-state index in [1.807, 2.05) is 99.5 Å². The van der Waals surface area contributed by atoms with Crippen molar-refractivity contribution in [1.82, 2.24) is 15.0 Å². The van der Waals surface area contributed by atoms with Crippen molar-refractivity contribution < 1.29 is 24.2 Å². The van der Waals surface area contributed by atoms with Crippen LogP contribution < -0.4 is 19.7 Å². The zero-order chi connectivity index (χ0) is 39.9. The van der Waals surface area contributed by atoms with E-state index in [9.17, 15) is 9.90 Å². The number of aliphatic hydroxyl groups is 1. The van der Waals surface area contributed by atoms with Gasteiger partial charge >= 0.3 is 0 Å². The largest absolute Gasteiger partial charge is 0.497 e. The highest BCUT2D eigenvalue weighted by Crippen LogP contribution is 2.60. The molecule has 0 bridgehead atoms. The van der Waals surface area contributed by atoms with Crippen LogP contribution in [0.1, 0.15) is 60.9 Å². The maximum absolute atomic E-state index is 15.3. The number of halogens is 1. The first-order valence-corrected chi connectivity index (χ1v) is 23.8. The summed E-state index contributed by atoms with van der Waals surface area (Å²) in [7, 11) is -0.685. The topological polar surface area (TPSA) is 110 Å². The van der Waals surface area contributed by atoms with Gasteiger partial charge in [-0.1, -0.05) is 101 Å². The number of benzene rings is 4. The summed E-state index contributed by atoms with van der Waals surface area (Å²) in [5.41, 5.74) is 4.16. The zero-order valence-corrected chi connectivity index (χ0v) is 35.6. The number of aromatic nitrogens is 3. The molecule has 3 aliphatic rings. The molecule has 1 unspecified atom stereocenters. The summed E-state index contributed by atoms with van der Waals surface area (Å²) in [6, 6.07) is 32.4. The maximum atomic E-state index is 15.3. The van der Waals surface area contributed by atoms with Crippen molar-refractivity contribution in [3.05, 3.63) is 130 Å². The lowest BCUT2D eigenvalue weighted by molar-refractivity contribution is -0.146. The van der Waals surface area contributed by atoms with E-state index in [4.69, 9.17) is 9.47 Å². The molecule has 4 aromatic carbocycles. The molecular formula is C45H50BrN5O5Si. The summed E-state index contributed by atoms with van der Waals surface area (Å²) in [5, 5.41) is 20.6. The Labute approximate surface area is 343 Å². The molecule has 2 saturated heterocycles. The molecule has 1 N–H and O–H groups in total. The van der Waals surface area contributed by atoms with Gasteiger partial charge in [0.15, 0.2) is 5.60 Å². The van der Waals surface area contributed by atoms with E-state index in [-0.39, 0.29) is 41.9 Å². The lowest BCUT2D eigenvalue weighted by atomic mass is 9.82. The van der Waals surface area contributed by atoms with Crippen LogP contribution >= 0.6 is 15.9 Å². The fraction of sp³-hybridized carbons (Fsp3) is 0.378. The second kappa shape index (κ2) is 16.0. The SMILES string of the molecule is COc1ccc([Si](C)(C)[C@H]2[C@H](CCn3cc(C(CO)c4ccccc4)nn3)O[C@@]3(C(=O)N(Cc4ccc(N5CCCCC5=O)cc4)c4ccc(Br)cc43)[C@@H]2C)cc1. The molecule has 8 rings (SSSR count). The van der Waals surface area contributed by atoms with Gasteiger partial charge in [0.25, 0.3) is 5.91 Å². The van der Waals surface area contributed by atoms with E-state index in [1.54, 1.807) is 7.11 Å².